The SMILES string of the molecule is CCOC(=O)c1cnc(C)n(Cc2ccc(Cl)cc2)[n+]1=O. The number of aryl methyl sites for hydroxylation is 1. The Bertz CT molecular complexity index is 710. The van der Waals surface area contributed by atoms with Gasteiger partial charge in [-0.2, -0.15) is 0 Å². The molecule has 21 heavy (non-hydrogen) atoms. The Labute approximate surface area is 126 Å². The van der Waals surface area contributed by atoms with Crippen molar-refractivity contribution >= 4 is 17.6 Å². The summed E-state index contributed by atoms with van der Waals surface area (Å²) in [5.74, 6) is -0.196. The molecule has 0 unspecified atom stereocenters. The summed E-state index contributed by atoms with van der Waals surface area (Å²) in [5, 5.41) is 0.619. The second kappa shape index (κ2) is 6.49. The zero-order chi connectivity index (χ0) is 15.4. The average Bonchev–Trinajstić information content (AvgIpc) is 2.45. The van der Waals surface area contributed by atoms with Crippen LogP contribution in [-0.2, 0) is 11.3 Å². The van der Waals surface area contributed by atoms with E-state index < -0.39 is 5.97 Å². The number of benzene rings is 1. The van der Waals surface area contributed by atoms with E-state index >= 15 is 0 Å². The smallest absolute Gasteiger partial charge is 0.413 e. The van der Waals surface area contributed by atoms with E-state index in [1.54, 1.807) is 26.0 Å². The molecule has 2 aromatic rings. The number of carbonyl (C=O) groups is 1. The number of hydrogen-bond donors (Lipinski definition) is 0. The molecule has 0 radical (unpaired) electrons. The summed E-state index contributed by atoms with van der Waals surface area (Å²) in [6.07, 6.45) is 1.22. The summed E-state index contributed by atoms with van der Waals surface area (Å²) < 4.78 is 6.70. The van der Waals surface area contributed by atoms with Gasteiger partial charge in [0, 0.05) is 5.02 Å². The molecule has 0 spiro atoms. The number of aromatic nitrogens is 3. The first-order chi connectivity index (χ1) is 10.0. The van der Waals surface area contributed by atoms with Gasteiger partial charge in [0.05, 0.1) is 11.5 Å². The lowest BCUT2D eigenvalue weighted by molar-refractivity contribution is -0.602. The first-order valence-corrected chi connectivity index (χ1v) is 6.81. The molecule has 0 bridgehead atoms. The normalized spacial score (nSPS) is 10.4. The molecule has 2 rings (SSSR count). The highest BCUT2D eigenvalue weighted by atomic mass is 35.5. The second-order valence-electron chi connectivity index (χ2n) is 4.37. The van der Waals surface area contributed by atoms with Gasteiger partial charge in [0.2, 0.25) is 0 Å². The number of ether oxygens (including phenoxy) is 1. The molecule has 0 fully saturated rings. The Morgan fingerprint density at radius 2 is 2.05 bits per heavy atom. The van der Waals surface area contributed by atoms with Crippen LogP contribution in [0, 0.1) is 11.8 Å². The largest absolute Gasteiger partial charge is 0.458 e. The van der Waals surface area contributed by atoms with Gasteiger partial charge in [0.25, 0.3) is 0 Å². The molecule has 110 valence electrons. The Balaban J connectivity index is 2.39. The second-order valence-corrected chi connectivity index (χ2v) is 4.80. The Morgan fingerprint density at radius 3 is 2.67 bits per heavy atom. The maximum absolute atomic E-state index is 12.3. The van der Waals surface area contributed by atoms with Crippen molar-refractivity contribution < 1.29 is 14.1 Å². The molecular formula is C14H15ClN3O3+. The standard InChI is InChI=1S/C14H15ClN3O3/c1-3-21-14(19)13-8-16-10(2)17(18(13)20)9-11-4-6-12(15)7-5-11/h4-8H,3,9H2,1-2H3/q+1. The van der Waals surface area contributed by atoms with E-state index in [2.05, 4.69) is 4.98 Å². The van der Waals surface area contributed by atoms with E-state index in [1.807, 2.05) is 12.1 Å². The van der Waals surface area contributed by atoms with Crippen LogP contribution in [0.4, 0.5) is 0 Å². The third kappa shape index (κ3) is 3.46. The number of halogens is 1. The van der Waals surface area contributed by atoms with Gasteiger partial charge in [0.15, 0.2) is 10.4 Å². The Hall–Kier alpha value is -2.21. The molecule has 0 aliphatic carbocycles. The molecule has 0 amide bonds. The number of rotatable bonds is 4. The quantitative estimate of drug-likeness (QED) is 0.640. The molecule has 0 saturated heterocycles. The van der Waals surface area contributed by atoms with Crippen molar-refractivity contribution in [2.45, 2.75) is 20.4 Å². The van der Waals surface area contributed by atoms with Crippen molar-refractivity contribution in [3.05, 3.63) is 57.5 Å². The Morgan fingerprint density at radius 1 is 1.38 bits per heavy atom. The molecule has 6 nitrogen and oxygen atoms in total. The topological polar surface area (TPSA) is 67.1 Å². The van der Waals surface area contributed by atoms with Gasteiger partial charge in [-0.15, -0.1) is 0 Å². The van der Waals surface area contributed by atoms with Crippen LogP contribution < -0.4 is 4.54 Å². The molecule has 1 aromatic heterocycles. The van der Waals surface area contributed by atoms with Crippen LogP contribution in [0.1, 0.15) is 28.8 Å². The van der Waals surface area contributed by atoms with Crippen LogP contribution in [0.25, 0.3) is 0 Å². The lowest BCUT2D eigenvalue weighted by atomic mass is 10.2. The molecule has 7 heteroatoms. The van der Waals surface area contributed by atoms with Gasteiger partial charge in [-0.25, -0.2) is 9.78 Å². The van der Waals surface area contributed by atoms with Crippen LogP contribution in [0.5, 0.6) is 0 Å². The first kappa shape index (κ1) is 15.2. The average molecular weight is 309 g/mol. The molecular weight excluding hydrogens is 294 g/mol. The summed E-state index contributed by atoms with van der Waals surface area (Å²) in [5.41, 5.74) is 0.733. The highest BCUT2D eigenvalue weighted by Gasteiger charge is 2.25. The number of esters is 1. The highest BCUT2D eigenvalue weighted by Crippen LogP contribution is 2.10. The fraction of sp³-hybridized carbons (Fsp3) is 0.286. The third-order valence-electron chi connectivity index (χ3n) is 2.90. The molecule has 0 aliphatic rings. The zero-order valence-corrected chi connectivity index (χ0v) is 12.5. The molecule has 0 atom stereocenters. The summed E-state index contributed by atoms with van der Waals surface area (Å²) in [6.45, 7) is 3.85. The predicted molar refractivity (Wildman–Crippen MR) is 76.8 cm³/mol. The zero-order valence-electron chi connectivity index (χ0n) is 11.7. The number of hydrogen-bond acceptors (Lipinski definition) is 4. The van der Waals surface area contributed by atoms with Crippen molar-refractivity contribution in [3.63, 3.8) is 0 Å². The fourth-order valence-corrected chi connectivity index (χ4v) is 1.94. The van der Waals surface area contributed by atoms with Gasteiger partial charge < -0.3 is 4.74 Å². The number of carbonyl (C=O) groups excluding carboxylic acids is 1. The maximum Gasteiger partial charge on any atom is 0.413 e. The summed E-state index contributed by atoms with van der Waals surface area (Å²) >= 11 is 5.83. The van der Waals surface area contributed by atoms with E-state index in [1.165, 1.54) is 10.9 Å². The van der Waals surface area contributed by atoms with E-state index in [-0.39, 0.29) is 18.8 Å². The van der Waals surface area contributed by atoms with E-state index in [0.29, 0.717) is 15.4 Å². The first-order valence-electron chi connectivity index (χ1n) is 6.43. The lowest BCUT2D eigenvalue weighted by Gasteiger charge is -2.03. The summed E-state index contributed by atoms with van der Waals surface area (Å²) in [4.78, 5) is 28.1. The van der Waals surface area contributed by atoms with Gasteiger partial charge >= 0.3 is 11.7 Å². The van der Waals surface area contributed by atoms with Crippen molar-refractivity contribution in [3.8, 4) is 0 Å². The monoisotopic (exact) mass is 308 g/mol. The van der Waals surface area contributed by atoms with Crippen molar-refractivity contribution in [2.24, 2.45) is 0 Å². The minimum Gasteiger partial charge on any atom is -0.458 e. The van der Waals surface area contributed by atoms with E-state index in [9.17, 15) is 9.70 Å². The van der Waals surface area contributed by atoms with Crippen LogP contribution >= 0.6 is 11.6 Å². The van der Waals surface area contributed by atoms with Crippen LogP contribution in [0.2, 0.25) is 5.02 Å². The molecule has 1 aromatic carbocycles. The summed E-state index contributed by atoms with van der Waals surface area (Å²) in [7, 11) is 0. The van der Waals surface area contributed by atoms with Crippen molar-refractivity contribution in [1.29, 1.82) is 0 Å². The van der Waals surface area contributed by atoms with Crippen molar-refractivity contribution in [1.82, 2.24) is 9.67 Å². The number of nitrogens with zero attached hydrogens (tertiary/aromatic N) is 3. The van der Waals surface area contributed by atoms with Crippen molar-refractivity contribution in [2.75, 3.05) is 6.61 Å². The predicted octanol–water partition coefficient (Wildman–Crippen LogP) is 1.98. The highest BCUT2D eigenvalue weighted by molar-refractivity contribution is 6.30. The molecule has 1 heterocycles. The van der Waals surface area contributed by atoms with Gasteiger partial charge in [-0.05, 0) is 31.5 Å². The lowest BCUT2D eigenvalue weighted by Crippen LogP contribution is -2.40. The fourth-order valence-electron chi connectivity index (χ4n) is 1.81. The van der Waals surface area contributed by atoms with Crippen LogP contribution in [-0.4, -0.2) is 22.2 Å². The van der Waals surface area contributed by atoms with Crippen LogP contribution in [0.15, 0.2) is 30.5 Å². The molecule has 0 N–H and O–H groups in total. The molecule has 0 saturated carbocycles. The van der Waals surface area contributed by atoms with Gasteiger partial charge in [-0.1, -0.05) is 28.4 Å². The summed E-state index contributed by atoms with van der Waals surface area (Å²) in [6, 6.07) is 7.10. The third-order valence-corrected chi connectivity index (χ3v) is 3.15. The van der Waals surface area contributed by atoms with E-state index in [4.69, 9.17) is 16.3 Å². The van der Waals surface area contributed by atoms with Gasteiger partial charge in [-0.3, -0.25) is 0 Å². The van der Waals surface area contributed by atoms with E-state index in [0.717, 1.165) is 5.56 Å². The molecule has 0 aliphatic heterocycles. The maximum atomic E-state index is 12.3. The minimum absolute atomic E-state index is 0.142. The Kier molecular flexibility index (Phi) is 4.70. The minimum atomic E-state index is -0.690. The van der Waals surface area contributed by atoms with Gasteiger partial charge in [0.1, 0.15) is 12.7 Å². The van der Waals surface area contributed by atoms with Crippen LogP contribution in [0.3, 0.4) is 0 Å².